The number of amides is 1. The molecule has 2 N–H and O–H groups in total. The van der Waals surface area contributed by atoms with Crippen molar-refractivity contribution in [3.05, 3.63) is 57.3 Å². The van der Waals surface area contributed by atoms with Crippen LogP contribution in [0.15, 0.2) is 35.7 Å². The Morgan fingerprint density at radius 1 is 1.23 bits per heavy atom. The predicted molar refractivity (Wildman–Crippen MR) is 90.3 cm³/mol. The number of aliphatic hydroxyl groups excluding tert-OH is 1. The van der Waals surface area contributed by atoms with Crippen molar-refractivity contribution in [3.8, 4) is 0 Å². The summed E-state index contributed by atoms with van der Waals surface area (Å²) in [4.78, 5) is 14.1. The largest absolute Gasteiger partial charge is 0.390 e. The third-order valence-corrected chi connectivity index (χ3v) is 6.65. The van der Waals surface area contributed by atoms with Gasteiger partial charge >= 0.3 is 0 Å². The number of fused-ring (bicyclic) bond motifs is 2. The summed E-state index contributed by atoms with van der Waals surface area (Å²) in [5, 5.41) is 15.3. The average molecular weight is 331 g/mol. The van der Waals surface area contributed by atoms with Gasteiger partial charge in [-0.15, -0.1) is 23.1 Å². The molecule has 0 radical (unpaired) electrons. The van der Waals surface area contributed by atoms with Gasteiger partial charge in [0, 0.05) is 11.3 Å². The van der Waals surface area contributed by atoms with Crippen LogP contribution in [0.2, 0.25) is 0 Å². The first-order chi connectivity index (χ1) is 10.7. The average Bonchev–Trinajstić information content (AvgIpc) is 3.12. The number of rotatable bonds is 2. The van der Waals surface area contributed by atoms with Gasteiger partial charge < -0.3 is 10.4 Å². The number of aliphatic hydroxyl groups is 1. The predicted octanol–water partition coefficient (Wildman–Crippen LogP) is 2.85. The minimum atomic E-state index is -0.531. The maximum atomic E-state index is 12.7. The van der Waals surface area contributed by atoms with Crippen molar-refractivity contribution in [2.75, 3.05) is 5.75 Å². The first kappa shape index (κ1) is 14.3. The Bertz CT molecular complexity index is 712. The second-order valence-corrected chi connectivity index (χ2v) is 7.97. The highest BCUT2D eigenvalue weighted by atomic mass is 32.2. The molecule has 1 aromatic carbocycles. The summed E-state index contributed by atoms with van der Waals surface area (Å²) in [6, 6.07) is 9.74. The first-order valence-corrected chi connectivity index (χ1v) is 9.41. The third-order valence-electron chi connectivity index (χ3n) is 4.42. The Labute approximate surface area is 137 Å². The van der Waals surface area contributed by atoms with E-state index < -0.39 is 6.10 Å². The molecule has 1 aliphatic heterocycles. The molecular weight excluding hydrogens is 314 g/mol. The van der Waals surface area contributed by atoms with Gasteiger partial charge in [-0.2, -0.15) is 0 Å². The van der Waals surface area contributed by atoms with Crippen LogP contribution in [0, 0.1) is 0 Å². The highest BCUT2D eigenvalue weighted by Gasteiger charge is 2.35. The molecule has 1 amide bonds. The highest BCUT2D eigenvalue weighted by Crippen LogP contribution is 2.40. The van der Waals surface area contributed by atoms with E-state index in [9.17, 15) is 9.90 Å². The van der Waals surface area contributed by atoms with E-state index in [1.54, 1.807) is 23.1 Å². The molecule has 0 spiro atoms. The van der Waals surface area contributed by atoms with Crippen LogP contribution in [0.1, 0.15) is 32.9 Å². The summed E-state index contributed by atoms with van der Waals surface area (Å²) < 4.78 is 0. The van der Waals surface area contributed by atoms with Crippen LogP contribution in [0.4, 0.5) is 0 Å². The summed E-state index contributed by atoms with van der Waals surface area (Å²) in [5.41, 5.74) is 3.34. The monoisotopic (exact) mass is 331 g/mol. The molecule has 2 aliphatic rings. The SMILES string of the molecule is O=C(N[C@@H]1c2ccccc2C[C@H]1O)[C@H]1SCCc2sccc21. The molecular formula is C17H17NO2S2. The Morgan fingerprint density at radius 3 is 3.00 bits per heavy atom. The van der Waals surface area contributed by atoms with Gasteiger partial charge in [0.25, 0.3) is 0 Å². The van der Waals surface area contributed by atoms with Crippen LogP contribution in [-0.2, 0) is 17.6 Å². The molecule has 1 aromatic heterocycles. The molecule has 2 aromatic rings. The number of benzene rings is 1. The second kappa shape index (κ2) is 5.72. The van der Waals surface area contributed by atoms with Crippen molar-refractivity contribution >= 4 is 29.0 Å². The fourth-order valence-corrected chi connectivity index (χ4v) is 5.64. The van der Waals surface area contributed by atoms with Crippen LogP contribution in [0.25, 0.3) is 0 Å². The highest BCUT2D eigenvalue weighted by molar-refractivity contribution is 8.00. The minimum Gasteiger partial charge on any atom is -0.390 e. The maximum Gasteiger partial charge on any atom is 0.238 e. The molecule has 0 saturated carbocycles. The molecule has 4 rings (SSSR count). The number of carbonyl (C=O) groups excluding carboxylic acids is 1. The van der Waals surface area contributed by atoms with Crippen LogP contribution < -0.4 is 5.32 Å². The molecule has 3 nitrogen and oxygen atoms in total. The lowest BCUT2D eigenvalue weighted by Crippen LogP contribution is -2.37. The lowest BCUT2D eigenvalue weighted by atomic mass is 10.1. The number of nitrogens with one attached hydrogen (secondary N) is 1. The van der Waals surface area contributed by atoms with Gasteiger partial charge in [0.2, 0.25) is 5.91 Å². The molecule has 22 heavy (non-hydrogen) atoms. The third kappa shape index (κ3) is 2.37. The lowest BCUT2D eigenvalue weighted by Gasteiger charge is -2.25. The van der Waals surface area contributed by atoms with E-state index in [0.29, 0.717) is 6.42 Å². The van der Waals surface area contributed by atoms with Gasteiger partial charge in [0.05, 0.1) is 12.1 Å². The molecule has 2 heterocycles. The van der Waals surface area contributed by atoms with E-state index in [0.717, 1.165) is 28.9 Å². The van der Waals surface area contributed by atoms with Crippen molar-refractivity contribution in [1.82, 2.24) is 5.32 Å². The Kier molecular flexibility index (Phi) is 3.72. The van der Waals surface area contributed by atoms with Gasteiger partial charge in [-0.05, 0) is 40.3 Å². The van der Waals surface area contributed by atoms with Gasteiger partial charge in [0.1, 0.15) is 5.25 Å². The van der Waals surface area contributed by atoms with Crippen molar-refractivity contribution in [2.24, 2.45) is 0 Å². The first-order valence-electron chi connectivity index (χ1n) is 7.48. The topological polar surface area (TPSA) is 49.3 Å². The van der Waals surface area contributed by atoms with Crippen LogP contribution in [0.5, 0.6) is 0 Å². The second-order valence-electron chi connectivity index (χ2n) is 5.76. The fraction of sp³-hybridized carbons (Fsp3) is 0.353. The molecule has 0 unspecified atom stereocenters. The molecule has 114 valence electrons. The molecule has 3 atom stereocenters. The normalized spacial score (nSPS) is 26.3. The lowest BCUT2D eigenvalue weighted by molar-refractivity contribution is -0.122. The summed E-state index contributed by atoms with van der Waals surface area (Å²) in [5.74, 6) is 1.00. The van der Waals surface area contributed by atoms with Gasteiger partial charge in [0.15, 0.2) is 0 Å². The van der Waals surface area contributed by atoms with Crippen LogP contribution in [-0.4, -0.2) is 22.9 Å². The van der Waals surface area contributed by atoms with Gasteiger partial charge in [-0.3, -0.25) is 4.79 Å². The smallest absolute Gasteiger partial charge is 0.238 e. The maximum absolute atomic E-state index is 12.7. The van der Waals surface area contributed by atoms with Crippen LogP contribution in [0.3, 0.4) is 0 Å². The van der Waals surface area contributed by atoms with E-state index >= 15 is 0 Å². The summed E-state index contributed by atoms with van der Waals surface area (Å²) in [7, 11) is 0. The number of thiophene rings is 1. The van der Waals surface area contributed by atoms with Crippen molar-refractivity contribution in [1.29, 1.82) is 0 Å². The molecule has 0 saturated heterocycles. The molecule has 5 heteroatoms. The van der Waals surface area contributed by atoms with E-state index in [4.69, 9.17) is 0 Å². The van der Waals surface area contributed by atoms with Crippen LogP contribution >= 0.6 is 23.1 Å². The molecule has 1 aliphatic carbocycles. The molecule has 0 fully saturated rings. The van der Waals surface area contributed by atoms with Crippen molar-refractivity contribution < 1.29 is 9.90 Å². The Morgan fingerprint density at radius 2 is 2.09 bits per heavy atom. The molecule has 0 bridgehead atoms. The Hall–Kier alpha value is -1.30. The number of aryl methyl sites for hydroxylation is 1. The van der Waals surface area contributed by atoms with Crippen molar-refractivity contribution in [2.45, 2.75) is 30.2 Å². The summed E-state index contributed by atoms with van der Waals surface area (Å²) >= 11 is 3.43. The summed E-state index contributed by atoms with van der Waals surface area (Å²) in [6.45, 7) is 0. The fourth-order valence-electron chi connectivity index (χ4n) is 3.34. The minimum absolute atomic E-state index is 0.0186. The number of hydrogen-bond donors (Lipinski definition) is 2. The van der Waals surface area contributed by atoms with Gasteiger partial charge in [-0.1, -0.05) is 24.3 Å². The number of thioether (sulfide) groups is 1. The van der Waals surface area contributed by atoms with E-state index in [1.807, 2.05) is 24.3 Å². The standard InChI is InChI=1S/C17H17NO2S2/c19-13-9-10-3-1-2-4-11(10)15(13)18-17(20)16-12-5-7-21-14(12)6-8-22-16/h1-5,7,13,15-16,19H,6,8-9H2,(H,18,20)/t13-,15-,16+/m1/s1. The summed E-state index contributed by atoms with van der Waals surface area (Å²) in [6.07, 6.45) is 1.13. The number of carbonyl (C=O) groups is 1. The van der Waals surface area contributed by atoms with Crippen molar-refractivity contribution in [3.63, 3.8) is 0 Å². The quantitative estimate of drug-likeness (QED) is 0.890. The van der Waals surface area contributed by atoms with Gasteiger partial charge in [-0.25, -0.2) is 0 Å². The zero-order chi connectivity index (χ0) is 15.1. The van der Waals surface area contributed by atoms with E-state index in [1.165, 1.54) is 4.88 Å². The zero-order valence-electron chi connectivity index (χ0n) is 12.0. The van der Waals surface area contributed by atoms with E-state index in [2.05, 4.69) is 16.8 Å². The van der Waals surface area contributed by atoms with E-state index in [-0.39, 0.29) is 17.2 Å². The Balaban J connectivity index is 1.56. The zero-order valence-corrected chi connectivity index (χ0v) is 13.6. The number of hydrogen-bond acceptors (Lipinski definition) is 4.